The van der Waals surface area contributed by atoms with E-state index in [-0.39, 0.29) is 5.91 Å². The average molecular weight is 441 g/mol. The highest BCUT2D eigenvalue weighted by atomic mass is 32.1. The molecule has 0 spiro atoms. The van der Waals surface area contributed by atoms with E-state index in [1.54, 1.807) is 0 Å². The summed E-state index contributed by atoms with van der Waals surface area (Å²) in [5, 5.41) is 11.5. The molecule has 1 atom stereocenters. The number of amides is 1. The number of benzene rings is 1. The fourth-order valence-electron chi connectivity index (χ4n) is 3.98. The van der Waals surface area contributed by atoms with Crippen molar-refractivity contribution < 1.29 is 14.1 Å². The minimum Gasteiger partial charge on any atom is -0.491 e. The number of anilines is 1. The molecule has 3 heterocycles. The van der Waals surface area contributed by atoms with Gasteiger partial charge in [0.05, 0.1) is 22.0 Å². The van der Waals surface area contributed by atoms with Crippen LogP contribution in [0.15, 0.2) is 22.7 Å². The largest absolute Gasteiger partial charge is 0.491 e. The smallest absolute Gasteiger partial charge is 0.267 e. The first kappa shape index (κ1) is 21.5. The molecule has 164 valence electrons. The predicted octanol–water partition coefficient (Wildman–Crippen LogP) is 4.80. The molecule has 2 aromatic heterocycles. The van der Waals surface area contributed by atoms with Crippen LogP contribution in [0.25, 0.3) is 11.1 Å². The third kappa shape index (κ3) is 4.80. The van der Waals surface area contributed by atoms with Crippen LogP contribution in [0.5, 0.6) is 5.75 Å². The fourth-order valence-corrected chi connectivity index (χ4v) is 4.80. The van der Waals surface area contributed by atoms with E-state index in [9.17, 15) is 4.79 Å². The van der Waals surface area contributed by atoms with Gasteiger partial charge in [-0.2, -0.15) is 0 Å². The first-order valence-corrected chi connectivity index (χ1v) is 11.4. The Morgan fingerprint density at radius 1 is 1.26 bits per heavy atom. The van der Waals surface area contributed by atoms with Gasteiger partial charge in [0.15, 0.2) is 0 Å². The lowest BCUT2D eigenvalue weighted by Gasteiger charge is -2.24. The molecule has 8 heteroatoms. The molecule has 3 aromatic rings. The number of piperidine rings is 1. The van der Waals surface area contributed by atoms with E-state index in [2.05, 4.69) is 20.8 Å². The Morgan fingerprint density at radius 2 is 2.10 bits per heavy atom. The summed E-state index contributed by atoms with van der Waals surface area (Å²) >= 11 is 1.40. The molecular weight excluding hydrogens is 412 g/mol. The Labute approximate surface area is 186 Å². The van der Waals surface area contributed by atoms with Crippen molar-refractivity contribution in [2.75, 3.05) is 18.5 Å². The van der Waals surface area contributed by atoms with Gasteiger partial charge in [-0.3, -0.25) is 4.79 Å². The highest BCUT2D eigenvalue weighted by Crippen LogP contribution is 2.37. The van der Waals surface area contributed by atoms with E-state index in [1.165, 1.54) is 24.2 Å². The van der Waals surface area contributed by atoms with E-state index in [1.807, 2.05) is 45.9 Å². The number of hydrogen-bond acceptors (Lipinski definition) is 7. The van der Waals surface area contributed by atoms with Crippen LogP contribution in [0.3, 0.4) is 0 Å². The van der Waals surface area contributed by atoms with Gasteiger partial charge in [0, 0.05) is 17.3 Å². The van der Waals surface area contributed by atoms with Crippen LogP contribution < -0.4 is 15.4 Å². The van der Waals surface area contributed by atoms with Crippen LogP contribution in [-0.2, 0) is 0 Å². The maximum absolute atomic E-state index is 12.8. The Morgan fingerprint density at radius 3 is 2.74 bits per heavy atom. The number of hydrogen-bond donors (Lipinski definition) is 2. The van der Waals surface area contributed by atoms with Gasteiger partial charge in [0.2, 0.25) is 0 Å². The maximum atomic E-state index is 12.8. The monoisotopic (exact) mass is 440 g/mol. The summed E-state index contributed by atoms with van der Waals surface area (Å²) in [6.07, 6.45) is 3.55. The summed E-state index contributed by atoms with van der Waals surface area (Å²) in [6, 6.07) is 6.05. The number of carbonyl (C=O) groups excluding carboxylic acids is 1. The van der Waals surface area contributed by atoms with Gasteiger partial charge in [0.25, 0.3) is 5.91 Å². The van der Waals surface area contributed by atoms with E-state index in [0.29, 0.717) is 23.2 Å². The third-order valence-electron chi connectivity index (χ3n) is 5.50. The first-order chi connectivity index (χ1) is 14.9. The van der Waals surface area contributed by atoms with E-state index >= 15 is 0 Å². The van der Waals surface area contributed by atoms with Crippen LogP contribution in [0.1, 0.15) is 51.1 Å². The van der Waals surface area contributed by atoms with Crippen LogP contribution >= 0.6 is 11.3 Å². The van der Waals surface area contributed by atoms with Crippen molar-refractivity contribution >= 4 is 22.9 Å². The number of nitrogens with one attached hydrogen (secondary N) is 2. The molecule has 0 saturated carbocycles. The minimum absolute atomic E-state index is 0.159. The first-order valence-electron chi connectivity index (χ1n) is 10.6. The number of thiazole rings is 1. The lowest BCUT2D eigenvalue weighted by molar-refractivity contribution is 0.103. The van der Waals surface area contributed by atoms with Gasteiger partial charge < -0.3 is 19.9 Å². The van der Waals surface area contributed by atoms with E-state index in [4.69, 9.17) is 9.26 Å². The number of rotatable bonds is 6. The standard InChI is InChI=1S/C23H28N4O3S/c1-13-21(15(3)30-27-13)19-11-17(26-23(28)22-14(2)25-16(4)31-22)8-9-20(19)29-12-18-7-5-6-10-24-18/h8-9,11,18,24H,5-7,10,12H2,1-4H3,(H,26,28)/t18-/m1/s1. The number of nitrogens with zero attached hydrogens (tertiary/aromatic N) is 2. The van der Waals surface area contributed by atoms with Crippen molar-refractivity contribution in [3.05, 3.63) is 45.2 Å². The Balaban J connectivity index is 1.61. The molecule has 7 nitrogen and oxygen atoms in total. The van der Waals surface area contributed by atoms with Gasteiger partial charge in [0.1, 0.15) is 23.0 Å². The van der Waals surface area contributed by atoms with Gasteiger partial charge in [-0.1, -0.05) is 11.6 Å². The highest BCUT2D eigenvalue weighted by molar-refractivity contribution is 7.13. The van der Waals surface area contributed by atoms with Gasteiger partial charge in [-0.25, -0.2) is 4.98 Å². The van der Waals surface area contributed by atoms with E-state index in [0.717, 1.165) is 52.0 Å². The Kier molecular flexibility index (Phi) is 6.38. The molecule has 1 aromatic carbocycles. The van der Waals surface area contributed by atoms with Crippen LogP contribution in [0.4, 0.5) is 5.69 Å². The molecule has 2 N–H and O–H groups in total. The van der Waals surface area contributed by atoms with Crippen LogP contribution in [0, 0.1) is 27.7 Å². The highest BCUT2D eigenvalue weighted by Gasteiger charge is 2.20. The summed E-state index contributed by atoms with van der Waals surface area (Å²) in [5.41, 5.74) is 3.98. The normalized spacial score (nSPS) is 16.3. The zero-order valence-corrected chi connectivity index (χ0v) is 19.2. The zero-order valence-electron chi connectivity index (χ0n) is 18.4. The van der Waals surface area contributed by atoms with Crippen molar-refractivity contribution in [2.45, 2.75) is 53.0 Å². The minimum atomic E-state index is -0.159. The van der Waals surface area contributed by atoms with Crippen LogP contribution in [0.2, 0.25) is 0 Å². The predicted molar refractivity (Wildman–Crippen MR) is 122 cm³/mol. The Bertz CT molecular complexity index is 1060. The molecule has 1 fully saturated rings. The van der Waals surface area contributed by atoms with Crippen LogP contribution in [-0.4, -0.2) is 35.2 Å². The topological polar surface area (TPSA) is 89.3 Å². The molecule has 0 bridgehead atoms. The lowest BCUT2D eigenvalue weighted by Crippen LogP contribution is -2.38. The molecule has 1 saturated heterocycles. The zero-order chi connectivity index (χ0) is 22.0. The maximum Gasteiger partial charge on any atom is 0.267 e. The molecule has 4 rings (SSSR count). The van der Waals surface area contributed by atoms with Crippen molar-refractivity contribution in [3.63, 3.8) is 0 Å². The Hall–Kier alpha value is -2.71. The van der Waals surface area contributed by atoms with Gasteiger partial charge in [-0.05, 0) is 65.3 Å². The number of ether oxygens (including phenoxy) is 1. The summed E-state index contributed by atoms with van der Waals surface area (Å²) < 4.78 is 11.6. The van der Waals surface area contributed by atoms with Crippen molar-refractivity contribution in [2.24, 2.45) is 0 Å². The van der Waals surface area contributed by atoms with Gasteiger partial charge >= 0.3 is 0 Å². The fraction of sp³-hybridized carbons (Fsp3) is 0.435. The molecule has 0 unspecified atom stereocenters. The molecule has 1 aliphatic heterocycles. The summed E-state index contributed by atoms with van der Waals surface area (Å²) in [6.45, 7) is 9.18. The SMILES string of the molecule is Cc1nc(C)c(C(=O)Nc2ccc(OC[C@H]3CCCCN3)c(-c3c(C)noc3C)c2)s1. The van der Waals surface area contributed by atoms with Crippen molar-refractivity contribution in [1.29, 1.82) is 0 Å². The second kappa shape index (κ2) is 9.20. The molecule has 1 aliphatic rings. The number of aryl methyl sites for hydroxylation is 4. The summed E-state index contributed by atoms with van der Waals surface area (Å²) in [5.74, 6) is 1.31. The second-order valence-electron chi connectivity index (χ2n) is 7.97. The van der Waals surface area contributed by atoms with Gasteiger partial charge in [-0.15, -0.1) is 11.3 Å². The van der Waals surface area contributed by atoms with Crippen molar-refractivity contribution in [3.8, 4) is 16.9 Å². The molecule has 0 aliphatic carbocycles. The summed E-state index contributed by atoms with van der Waals surface area (Å²) in [7, 11) is 0. The second-order valence-corrected chi connectivity index (χ2v) is 9.17. The third-order valence-corrected chi connectivity index (χ3v) is 6.57. The summed E-state index contributed by atoms with van der Waals surface area (Å²) in [4.78, 5) is 17.8. The quantitative estimate of drug-likeness (QED) is 0.572. The lowest BCUT2D eigenvalue weighted by atomic mass is 10.0. The number of carbonyl (C=O) groups is 1. The van der Waals surface area contributed by atoms with E-state index < -0.39 is 0 Å². The molecular formula is C23H28N4O3S. The molecule has 31 heavy (non-hydrogen) atoms. The molecule has 1 amide bonds. The van der Waals surface area contributed by atoms with Crippen molar-refractivity contribution in [1.82, 2.24) is 15.5 Å². The average Bonchev–Trinajstić information content (AvgIpc) is 3.27. The number of aromatic nitrogens is 2. The molecule has 0 radical (unpaired) electrons.